The summed E-state index contributed by atoms with van der Waals surface area (Å²) in [5.74, 6) is -1.07. The standard InChI is InChI=1S/C11H8O3S/c12-9-5-7(10-2-1-3-15-10)4-8(6-9)11(13)14/h1-6,12H,(H,13,14). The van der Waals surface area contributed by atoms with E-state index in [1.54, 1.807) is 12.1 Å². The van der Waals surface area contributed by atoms with E-state index in [1.165, 1.54) is 17.4 Å². The van der Waals surface area contributed by atoms with Gasteiger partial charge in [-0.2, -0.15) is 0 Å². The zero-order valence-corrected chi connectivity index (χ0v) is 8.49. The van der Waals surface area contributed by atoms with E-state index in [-0.39, 0.29) is 11.3 Å². The second-order valence-electron chi connectivity index (χ2n) is 3.05. The van der Waals surface area contributed by atoms with Crippen LogP contribution in [0.5, 0.6) is 5.75 Å². The fraction of sp³-hybridized carbons (Fsp3) is 0. The fourth-order valence-corrected chi connectivity index (χ4v) is 2.03. The molecule has 15 heavy (non-hydrogen) atoms. The van der Waals surface area contributed by atoms with E-state index in [9.17, 15) is 9.90 Å². The molecule has 3 nitrogen and oxygen atoms in total. The minimum absolute atomic E-state index is 0.0294. The van der Waals surface area contributed by atoms with Crippen molar-refractivity contribution in [3.63, 3.8) is 0 Å². The molecule has 0 saturated heterocycles. The summed E-state index contributed by atoms with van der Waals surface area (Å²) in [6, 6.07) is 8.10. The highest BCUT2D eigenvalue weighted by Crippen LogP contribution is 2.28. The van der Waals surface area contributed by atoms with Gasteiger partial charge in [0.2, 0.25) is 0 Å². The van der Waals surface area contributed by atoms with Crippen LogP contribution in [-0.2, 0) is 0 Å². The molecule has 1 aromatic heterocycles. The number of carboxylic acids is 1. The first kappa shape index (κ1) is 9.73. The molecular weight excluding hydrogens is 212 g/mol. The summed E-state index contributed by atoms with van der Waals surface area (Å²) in [4.78, 5) is 11.7. The lowest BCUT2D eigenvalue weighted by atomic mass is 10.1. The number of benzene rings is 1. The molecule has 0 spiro atoms. The fourth-order valence-electron chi connectivity index (χ4n) is 1.32. The molecule has 0 amide bonds. The van der Waals surface area contributed by atoms with E-state index in [0.717, 1.165) is 10.4 Å². The van der Waals surface area contributed by atoms with Crippen LogP contribution in [-0.4, -0.2) is 16.2 Å². The number of carboxylic acid groups (broad SMARTS) is 1. The summed E-state index contributed by atoms with van der Waals surface area (Å²) in [5.41, 5.74) is 0.820. The van der Waals surface area contributed by atoms with Gasteiger partial charge in [0.15, 0.2) is 0 Å². The van der Waals surface area contributed by atoms with Gasteiger partial charge in [0.1, 0.15) is 5.75 Å². The average Bonchev–Trinajstić information content (AvgIpc) is 2.69. The highest BCUT2D eigenvalue weighted by molar-refractivity contribution is 7.13. The van der Waals surface area contributed by atoms with Gasteiger partial charge in [-0.1, -0.05) is 6.07 Å². The Labute approximate surface area is 90.2 Å². The molecule has 1 aromatic carbocycles. The van der Waals surface area contributed by atoms with Crippen LogP contribution in [0.2, 0.25) is 0 Å². The number of carbonyl (C=O) groups is 1. The molecule has 0 aliphatic rings. The highest BCUT2D eigenvalue weighted by atomic mass is 32.1. The van der Waals surface area contributed by atoms with Crippen LogP contribution in [0.15, 0.2) is 35.7 Å². The van der Waals surface area contributed by atoms with Gasteiger partial charge in [-0.3, -0.25) is 0 Å². The summed E-state index contributed by atoms with van der Waals surface area (Å²) < 4.78 is 0. The zero-order valence-electron chi connectivity index (χ0n) is 7.68. The molecule has 0 fully saturated rings. The molecule has 0 atom stereocenters. The van der Waals surface area contributed by atoms with Crippen molar-refractivity contribution in [3.8, 4) is 16.2 Å². The van der Waals surface area contributed by atoms with Gasteiger partial charge in [-0.15, -0.1) is 11.3 Å². The Balaban J connectivity index is 2.54. The summed E-state index contributed by atoms with van der Waals surface area (Å²) in [6.07, 6.45) is 0. The summed E-state index contributed by atoms with van der Waals surface area (Å²) in [5, 5.41) is 20.1. The topological polar surface area (TPSA) is 57.5 Å². The molecule has 2 N–H and O–H groups in total. The molecule has 2 rings (SSSR count). The van der Waals surface area contributed by atoms with Crippen LogP contribution < -0.4 is 0 Å². The van der Waals surface area contributed by atoms with E-state index in [1.807, 2.05) is 17.5 Å². The van der Waals surface area contributed by atoms with Crippen molar-refractivity contribution in [2.24, 2.45) is 0 Å². The van der Waals surface area contributed by atoms with Crippen LogP contribution in [0, 0.1) is 0 Å². The first-order valence-electron chi connectivity index (χ1n) is 4.28. The van der Waals surface area contributed by atoms with Gasteiger partial charge in [0.05, 0.1) is 5.56 Å². The van der Waals surface area contributed by atoms with Gasteiger partial charge < -0.3 is 10.2 Å². The lowest BCUT2D eigenvalue weighted by Gasteiger charge is -2.01. The van der Waals surface area contributed by atoms with Gasteiger partial charge in [0.25, 0.3) is 0 Å². The van der Waals surface area contributed by atoms with Gasteiger partial charge in [-0.25, -0.2) is 4.79 Å². The van der Waals surface area contributed by atoms with Gasteiger partial charge in [-0.05, 0) is 35.2 Å². The monoisotopic (exact) mass is 220 g/mol. The Bertz CT molecular complexity index is 489. The third-order valence-electron chi connectivity index (χ3n) is 1.97. The molecule has 2 aromatic rings. The van der Waals surface area contributed by atoms with Crippen molar-refractivity contribution in [1.29, 1.82) is 0 Å². The normalized spacial score (nSPS) is 10.1. The Morgan fingerprint density at radius 3 is 2.67 bits per heavy atom. The summed E-state index contributed by atoms with van der Waals surface area (Å²) in [6.45, 7) is 0. The molecule has 0 aliphatic carbocycles. The number of hydrogen-bond donors (Lipinski definition) is 2. The maximum atomic E-state index is 10.8. The predicted molar refractivity (Wildman–Crippen MR) is 58.4 cm³/mol. The maximum Gasteiger partial charge on any atom is 0.335 e. The van der Waals surface area contributed by atoms with E-state index in [4.69, 9.17) is 5.11 Å². The number of phenols is 1. The Hall–Kier alpha value is -1.81. The second-order valence-corrected chi connectivity index (χ2v) is 4.00. The minimum atomic E-state index is -1.04. The number of phenolic OH excluding ortho intramolecular Hbond substituents is 1. The predicted octanol–water partition coefficient (Wildman–Crippen LogP) is 2.82. The molecule has 4 heteroatoms. The third-order valence-corrected chi connectivity index (χ3v) is 2.89. The van der Waals surface area contributed by atoms with Crippen molar-refractivity contribution in [1.82, 2.24) is 0 Å². The van der Waals surface area contributed by atoms with Crippen molar-refractivity contribution in [2.45, 2.75) is 0 Å². The molecule has 76 valence electrons. The van der Waals surface area contributed by atoms with E-state index >= 15 is 0 Å². The number of hydrogen-bond acceptors (Lipinski definition) is 3. The first-order valence-corrected chi connectivity index (χ1v) is 5.16. The van der Waals surface area contributed by atoms with Crippen LogP contribution in [0.3, 0.4) is 0 Å². The zero-order chi connectivity index (χ0) is 10.8. The molecule has 1 heterocycles. The molecule has 0 radical (unpaired) electrons. The number of aromatic hydroxyl groups is 1. The van der Waals surface area contributed by atoms with Crippen molar-refractivity contribution < 1.29 is 15.0 Å². The molecule has 0 aliphatic heterocycles. The Kier molecular flexibility index (Phi) is 2.43. The van der Waals surface area contributed by atoms with E-state index < -0.39 is 5.97 Å². The Morgan fingerprint density at radius 2 is 2.07 bits per heavy atom. The third kappa shape index (κ3) is 1.99. The van der Waals surface area contributed by atoms with E-state index in [2.05, 4.69) is 0 Å². The lowest BCUT2D eigenvalue weighted by molar-refractivity contribution is 0.0696. The van der Waals surface area contributed by atoms with Crippen LogP contribution in [0.25, 0.3) is 10.4 Å². The number of rotatable bonds is 2. The number of aromatic carboxylic acids is 1. The SMILES string of the molecule is O=C(O)c1cc(O)cc(-c2cccs2)c1. The van der Waals surface area contributed by atoms with E-state index in [0.29, 0.717) is 0 Å². The van der Waals surface area contributed by atoms with Crippen molar-refractivity contribution in [3.05, 3.63) is 41.3 Å². The molecule has 0 bridgehead atoms. The smallest absolute Gasteiger partial charge is 0.335 e. The quantitative estimate of drug-likeness (QED) is 0.818. The van der Waals surface area contributed by atoms with Crippen molar-refractivity contribution >= 4 is 17.3 Å². The second kappa shape index (κ2) is 3.74. The average molecular weight is 220 g/mol. The summed E-state index contributed by atoms with van der Waals surface area (Å²) >= 11 is 1.50. The molecular formula is C11H8O3S. The maximum absolute atomic E-state index is 10.8. The summed E-state index contributed by atoms with van der Waals surface area (Å²) in [7, 11) is 0. The minimum Gasteiger partial charge on any atom is -0.508 e. The van der Waals surface area contributed by atoms with Gasteiger partial charge in [0, 0.05) is 4.88 Å². The Morgan fingerprint density at radius 1 is 1.27 bits per heavy atom. The van der Waals surface area contributed by atoms with Crippen molar-refractivity contribution in [2.75, 3.05) is 0 Å². The number of thiophene rings is 1. The van der Waals surface area contributed by atoms with Gasteiger partial charge >= 0.3 is 5.97 Å². The van der Waals surface area contributed by atoms with Crippen LogP contribution in [0.4, 0.5) is 0 Å². The van der Waals surface area contributed by atoms with Crippen LogP contribution >= 0.6 is 11.3 Å². The highest BCUT2D eigenvalue weighted by Gasteiger charge is 2.08. The largest absolute Gasteiger partial charge is 0.508 e. The molecule has 0 saturated carbocycles. The first-order chi connectivity index (χ1) is 7.16. The molecule has 0 unspecified atom stereocenters. The van der Waals surface area contributed by atoms with Crippen LogP contribution in [0.1, 0.15) is 10.4 Å². The lowest BCUT2D eigenvalue weighted by Crippen LogP contribution is -1.95.